The second kappa shape index (κ2) is 14.1. The Morgan fingerprint density at radius 1 is 1.13 bits per heavy atom. The van der Waals surface area contributed by atoms with Gasteiger partial charge in [0.25, 0.3) is 5.56 Å². The number of thiazole rings is 1. The number of hydrogen-bond donors (Lipinski definition) is 0. The minimum atomic E-state index is -0.790. The molecule has 234 valence electrons. The van der Waals surface area contributed by atoms with Crippen LogP contribution in [0.5, 0.6) is 17.2 Å². The summed E-state index contributed by atoms with van der Waals surface area (Å²) in [5, 5.41) is 0.652. The van der Waals surface area contributed by atoms with E-state index >= 15 is 0 Å². The first-order valence-corrected chi connectivity index (χ1v) is 16.3. The average Bonchev–Trinajstić information content (AvgIpc) is 3.30. The lowest BCUT2D eigenvalue weighted by atomic mass is 9.95. The Balaban J connectivity index is 1.60. The first kappa shape index (κ1) is 32.5. The van der Waals surface area contributed by atoms with Gasteiger partial charge >= 0.3 is 5.97 Å². The van der Waals surface area contributed by atoms with Crippen LogP contribution in [-0.2, 0) is 16.1 Å². The molecule has 0 bridgehead atoms. The third-order valence-electron chi connectivity index (χ3n) is 6.94. The second-order valence-electron chi connectivity index (χ2n) is 10.5. The summed E-state index contributed by atoms with van der Waals surface area (Å²) in [6, 6.07) is 17.7. The fourth-order valence-corrected chi connectivity index (χ4v) is 6.75. The van der Waals surface area contributed by atoms with Crippen LogP contribution in [0.4, 0.5) is 0 Å². The summed E-state index contributed by atoms with van der Waals surface area (Å²) in [6.45, 7) is 7.86. The molecule has 0 spiro atoms. The molecular weight excluding hydrogens is 680 g/mol. The number of para-hydroxylation sites is 1. The van der Waals surface area contributed by atoms with Crippen molar-refractivity contribution < 1.29 is 23.7 Å². The Morgan fingerprint density at radius 3 is 2.56 bits per heavy atom. The third kappa shape index (κ3) is 7.03. The molecule has 1 aliphatic heterocycles. The van der Waals surface area contributed by atoms with Crippen LogP contribution in [0.3, 0.4) is 0 Å². The van der Waals surface area contributed by atoms with Crippen molar-refractivity contribution in [2.45, 2.75) is 46.4 Å². The zero-order valence-electron chi connectivity index (χ0n) is 25.4. The van der Waals surface area contributed by atoms with Crippen molar-refractivity contribution in [3.63, 3.8) is 0 Å². The molecule has 5 rings (SSSR count). The molecule has 4 aromatic rings. The summed E-state index contributed by atoms with van der Waals surface area (Å²) in [5.74, 6) is 1.07. The molecule has 0 unspecified atom stereocenters. The lowest BCUT2D eigenvalue weighted by Crippen LogP contribution is -2.40. The van der Waals surface area contributed by atoms with Crippen LogP contribution < -0.4 is 29.1 Å². The van der Waals surface area contributed by atoms with E-state index in [1.807, 2.05) is 68.4 Å². The van der Waals surface area contributed by atoms with Gasteiger partial charge in [-0.05, 0) is 91.2 Å². The molecular formula is C34H32BrClN2O6S. The quantitative estimate of drug-likeness (QED) is 0.173. The topological polar surface area (TPSA) is 88.4 Å². The number of allylic oxidation sites excluding steroid dienone is 1. The van der Waals surface area contributed by atoms with Gasteiger partial charge in [0.2, 0.25) is 0 Å². The molecule has 0 amide bonds. The zero-order chi connectivity index (χ0) is 32.2. The van der Waals surface area contributed by atoms with Gasteiger partial charge < -0.3 is 18.9 Å². The van der Waals surface area contributed by atoms with Crippen molar-refractivity contribution in [2.75, 3.05) is 13.7 Å². The van der Waals surface area contributed by atoms with Crippen LogP contribution in [0, 0.1) is 0 Å². The summed E-state index contributed by atoms with van der Waals surface area (Å²) in [7, 11) is 1.56. The molecule has 0 saturated heterocycles. The summed E-state index contributed by atoms with van der Waals surface area (Å²) in [5.41, 5.74) is 2.81. The highest BCUT2D eigenvalue weighted by Crippen LogP contribution is 2.38. The number of hydrogen-bond acceptors (Lipinski definition) is 8. The Labute approximate surface area is 278 Å². The number of nitrogens with zero attached hydrogens (tertiary/aromatic N) is 2. The molecule has 0 aliphatic carbocycles. The Morgan fingerprint density at radius 2 is 1.87 bits per heavy atom. The fraction of sp³-hybridized carbons (Fsp3) is 0.265. The van der Waals surface area contributed by atoms with Crippen molar-refractivity contribution in [1.29, 1.82) is 0 Å². The van der Waals surface area contributed by atoms with Gasteiger partial charge in [-0.25, -0.2) is 9.79 Å². The van der Waals surface area contributed by atoms with Gasteiger partial charge in [-0.2, -0.15) is 0 Å². The predicted octanol–water partition coefficient (Wildman–Crippen LogP) is 6.59. The second-order valence-corrected chi connectivity index (χ2v) is 12.8. The number of aromatic nitrogens is 1. The summed E-state index contributed by atoms with van der Waals surface area (Å²) < 4.78 is 25.9. The van der Waals surface area contributed by atoms with Gasteiger partial charge in [0.05, 0.1) is 40.1 Å². The van der Waals surface area contributed by atoms with E-state index in [0.29, 0.717) is 65.1 Å². The van der Waals surface area contributed by atoms with Gasteiger partial charge in [-0.15, -0.1) is 0 Å². The van der Waals surface area contributed by atoms with Gasteiger partial charge in [0.1, 0.15) is 18.4 Å². The van der Waals surface area contributed by atoms with Crippen LogP contribution in [0.25, 0.3) is 6.08 Å². The van der Waals surface area contributed by atoms with Crippen LogP contribution in [-0.4, -0.2) is 30.4 Å². The molecule has 8 nitrogen and oxygen atoms in total. The van der Waals surface area contributed by atoms with E-state index in [1.54, 1.807) is 37.7 Å². The standard InChI is InChI=1S/C34H32BrClN2O6S/c1-6-42-33(40)29-20(4)37-34-38(30(29)24-9-7-8-10-26(24)44-19(2)3)32(39)28(45-34)17-22-15-25(35)31(27(16-22)41-5)43-18-21-11-13-23(36)14-12-21/h7-17,19,30H,6,18H2,1-5H3/b28-17+/t30-/m0/s1. The normalized spacial score (nSPS) is 14.7. The first-order chi connectivity index (χ1) is 21.6. The van der Waals surface area contributed by atoms with E-state index in [4.69, 9.17) is 30.5 Å². The number of carbonyl (C=O) groups is 1. The number of esters is 1. The van der Waals surface area contributed by atoms with Crippen molar-refractivity contribution in [1.82, 2.24) is 4.57 Å². The molecule has 0 N–H and O–H groups in total. The monoisotopic (exact) mass is 710 g/mol. The highest BCUT2D eigenvalue weighted by Gasteiger charge is 2.35. The Hall–Kier alpha value is -3.86. The van der Waals surface area contributed by atoms with Crippen molar-refractivity contribution >= 4 is 50.9 Å². The number of benzene rings is 3. The third-order valence-corrected chi connectivity index (χ3v) is 8.76. The number of carbonyl (C=O) groups excluding carboxylic acids is 1. The van der Waals surface area contributed by atoms with Crippen LogP contribution in [0.2, 0.25) is 5.02 Å². The maximum absolute atomic E-state index is 14.1. The lowest BCUT2D eigenvalue weighted by molar-refractivity contribution is -0.139. The lowest BCUT2D eigenvalue weighted by Gasteiger charge is -2.26. The summed E-state index contributed by atoms with van der Waals surface area (Å²) in [6.07, 6.45) is 1.65. The highest BCUT2D eigenvalue weighted by molar-refractivity contribution is 9.10. The van der Waals surface area contributed by atoms with E-state index < -0.39 is 12.0 Å². The zero-order valence-corrected chi connectivity index (χ0v) is 28.6. The van der Waals surface area contributed by atoms with E-state index in [2.05, 4.69) is 20.9 Å². The van der Waals surface area contributed by atoms with E-state index in [9.17, 15) is 9.59 Å². The van der Waals surface area contributed by atoms with Crippen molar-refractivity contribution in [3.8, 4) is 17.2 Å². The van der Waals surface area contributed by atoms with Gasteiger partial charge in [0, 0.05) is 10.6 Å². The molecule has 0 fully saturated rings. The van der Waals surface area contributed by atoms with Crippen LogP contribution in [0.1, 0.15) is 50.4 Å². The molecule has 1 aliphatic rings. The van der Waals surface area contributed by atoms with E-state index in [-0.39, 0.29) is 18.3 Å². The SMILES string of the molecule is CCOC(=O)C1=C(C)N=c2s/c(=C/c3cc(Br)c(OCc4ccc(Cl)cc4)c(OC)c3)c(=O)n2[C@H]1c1ccccc1OC(C)C. The number of ether oxygens (including phenoxy) is 4. The van der Waals surface area contributed by atoms with Gasteiger partial charge in [-0.3, -0.25) is 9.36 Å². The molecule has 11 heteroatoms. The largest absolute Gasteiger partial charge is 0.493 e. The Kier molecular flexibility index (Phi) is 10.2. The molecule has 0 radical (unpaired) electrons. The summed E-state index contributed by atoms with van der Waals surface area (Å²) in [4.78, 5) is 32.6. The fourth-order valence-electron chi connectivity index (χ4n) is 5.00. The van der Waals surface area contributed by atoms with Crippen LogP contribution in [0.15, 0.2) is 86.2 Å². The number of rotatable bonds is 10. The molecule has 45 heavy (non-hydrogen) atoms. The maximum atomic E-state index is 14.1. The molecule has 0 saturated carbocycles. The van der Waals surface area contributed by atoms with E-state index in [1.165, 1.54) is 11.3 Å². The van der Waals surface area contributed by atoms with E-state index in [0.717, 1.165) is 5.56 Å². The summed E-state index contributed by atoms with van der Waals surface area (Å²) >= 11 is 10.9. The average molecular weight is 712 g/mol. The van der Waals surface area contributed by atoms with Crippen molar-refractivity contribution in [2.24, 2.45) is 4.99 Å². The van der Waals surface area contributed by atoms with Crippen LogP contribution >= 0.6 is 38.9 Å². The number of methoxy groups -OCH3 is 1. The predicted molar refractivity (Wildman–Crippen MR) is 179 cm³/mol. The molecule has 3 aromatic carbocycles. The minimum Gasteiger partial charge on any atom is -0.493 e. The minimum absolute atomic E-state index is 0.121. The smallest absolute Gasteiger partial charge is 0.338 e. The molecule has 1 aromatic heterocycles. The number of fused-ring (bicyclic) bond motifs is 1. The highest BCUT2D eigenvalue weighted by atomic mass is 79.9. The molecule has 2 heterocycles. The number of halogens is 2. The Bertz CT molecular complexity index is 1950. The molecule has 1 atom stereocenters. The maximum Gasteiger partial charge on any atom is 0.338 e. The van der Waals surface area contributed by atoms with Gasteiger partial charge in [-0.1, -0.05) is 53.3 Å². The first-order valence-electron chi connectivity index (χ1n) is 14.3. The van der Waals surface area contributed by atoms with Gasteiger partial charge in [0.15, 0.2) is 16.3 Å². The van der Waals surface area contributed by atoms with Crippen molar-refractivity contribution in [3.05, 3.63) is 118 Å².